The smallest absolute Gasteiger partial charge is 0.0954 e. The zero-order chi connectivity index (χ0) is 9.14. The van der Waals surface area contributed by atoms with Crippen molar-refractivity contribution in [2.24, 2.45) is 0 Å². The molecule has 0 amide bonds. The van der Waals surface area contributed by atoms with Crippen LogP contribution in [0.15, 0.2) is 5.38 Å². The first-order chi connectivity index (χ1) is 5.59. The fourth-order valence-corrected chi connectivity index (χ4v) is 1.67. The van der Waals surface area contributed by atoms with Gasteiger partial charge in [-0.15, -0.1) is 11.3 Å². The highest BCUT2D eigenvalue weighted by molar-refractivity contribution is 7.09. The molecule has 1 heterocycles. The molecule has 2 unspecified atom stereocenters. The summed E-state index contributed by atoms with van der Waals surface area (Å²) < 4.78 is 0. The summed E-state index contributed by atoms with van der Waals surface area (Å²) in [5.41, 5.74) is 0.966. The van der Waals surface area contributed by atoms with Crippen LogP contribution in [-0.4, -0.2) is 27.4 Å². The molecule has 0 saturated carbocycles. The van der Waals surface area contributed by atoms with Gasteiger partial charge in [-0.25, -0.2) is 4.98 Å². The Kier molecular flexibility index (Phi) is 3.20. The van der Waals surface area contributed by atoms with Crippen LogP contribution < -0.4 is 0 Å². The van der Waals surface area contributed by atoms with Crippen LogP contribution >= 0.6 is 11.3 Å². The SMILES string of the molecule is Cc1csc(CC(O)C(C)O)n1. The lowest BCUT2D eigenvalue weighted by Crippen LogP contribution is -2.24. The first kappa shape index (κ1) is 9.64. The fraction of sp³-hybridized carbons (Fsp3) is 0.625. The molecule has 1 rings (SSSR count). The highest BCUT2D eigenvalue weighted by Gasteiger charge is 2.13. The maximum absolute atomic E-state index is 9.31. The largest absolute Gasteiger partial charge is 0.391 e. The summed E-state index contributed by atoms with van der Waals surface area (Å²) in [5, 5.41) is 21.1. The maximum Gasteiger partial charge on any atom is 0.0954 e. The Morgan fingerprint density at radius 3 is 2.67 bits per heavy atom. The minimum absolute atomic E-state index is 0.441. The van der Waals surface area contributed by atoms with Crippen molar-refractivity contribution in [2.45, 2.75) is 32.5 Å². The van der Waals surface area contributed by atoms with E-state index < -0.39 is 12.2 Å². The van der Waals surface area contributed by atoms with Crippen molar-refractivity contribution >= 4 is 11.3 Å². The molecule has 0 aromatic carbocycles. The Morgan fingerprint density at radius 1 is 1.58 bits per heavy atom. The molecule has 0 bridgehead atoms. The molecule has 1 aromatic heterocycles. The minimum atomic E-state index is -0.699. The van der Waals surface area contributed by atoms with E-state index in [1.54, 1.807) is 6.92 Å². The van der Waals surface area contributed by atoms with Gasteiger partial charge in [0.05, 0.1) is 17.2 Å². The molecule has 0 aliphatic rings. The van der Waals surface area contributed by atoms with Gasteiger partial charge in [-0.05, 0) is 13.8 Å². The zero-order valence-electron chi connectivity index (χ0n) is 7.19. The lowest BCUT2D eigenvalue weighted by Gasteiger charge is -2.10. The van der Waals surface area contributed by atoms with Crippen LogP contribution in [0.25, 0.3) is 0 Å². The van der Waals surface area contributed by atoms with Crippen molar-refractivity contribution in [3.8, 4) is 0 Å². The molecular weight excluding hydrogens is 174 g/mol. The monoisotopic (exact) mass is 187 g/mol. The standard InChI is InChI=1S/C8H13NO2S/c1-5-4-12-8(9-5)3-7(11)6(2)10/h4,6-7,10-11H,3H2,1-2H3. The number of aryl methyl sites for hydroxylation is 1. The predicted octanol–water partition coefficient (Wildman–Crippen LogP) is 0.736. The average molecular weight is 187 g/mol. The number of rotatable bonds is 3. The maximum atomic E-state index is 9.31. The predicted molar refractivity (Wildman–Crippen MR) is 48.2 cm³/mol. The third-order valence-corrected chi connectivity index (χ3v) is 2.60. The second kappa shape index (κ2) is 3.98. The van der Waals surface area contributed by atoms with E-state index in [9.17, 15) is 5.11 Å². The van der Waals surface area contributed by atoms with E-state index in [1.807, 2.05) is 12.3 Å². The number of thiazole rings is 1. The van der Waals surface area contributed by atoms with Gasteiger partial charge in [-0.3, -0.25) is 0 Å². The van der Waals surface area contributed by atoms with Crippen LogP contribution in [0.5, 0.6) is 0 Å². The molecule has 0 radical (unpaired) electrons. The number of hydrogen-bond donors (Lipinski definition) is 2. The summed E-state index contributed by atoms with van der Waals surface area (Å²) in [4.78, 5) is 4.18. The quantitative estimate of drug-likeness (QED) is 0.733. The van der Waals surface area contributed by atoms with Crippen molar-refractivity contribution in [3.63, 3.8) is 0 Å². The lowest BCUT2D eigenvalue weighted by molar-refractivity contribution is 0.0319. The third-order valence-electron chi connectivity index (χ3n) is 1.61. The summed E-state index contributed by atoms with van der Waals surface area (Å²) in [7, 11) is 0. The van der Waals surface area contributed by atoms with Gasteiger partial charge in [0.25, 0.3) is 0 Å². The van der Waals surface area contributed by atoms with Crippen molar-refractivity contribution in [3.05, 3.63) is 16.1 Å². The molecule has 0 aliphatic heterocycles. The normalized spacial score (nSPS) is 16.0. The number of hydrogen-bond acceptors (Lipinski definition) is 4. The van der Waals surface area contributed by atoms with Gasteiger partial charge in [0.15, 0.2) is 0 Å². The van der Waals surface area contributed by atoms with Gasteiger partial charge in [0, 0.05) is 17.5 Å². The molecule has 0 aliphatic carbocycles. The molecule has 0 spiro atoms. The van der Waals surface area contributed by atoms with E-state index in [2.05, 4.69) is 4.98 Å². The summed E-state index contributed by atoms with van der Waals surface area (Å²) >= 11 is 1.51. The van der Waals surface area contributed by atoms with Crippen LogP contribution in [-0.2, 0) is 6.42 Å². The van der Waals surface area contributed by atoms with Gasteiger partial charge in [0.2, 0.25) is 0 Å². The molecule has 1 aromatic rings. The van der Waals surface area contributed by atoms with Gasteiger partial charge >= 0.3 is 0 Å². The minimum Gasteiger partial charge on any atom is -0.391 e. The Labute approximate surface area is 75.7 Å². The number of aromatic nitrogens is 1. The van der Waals surface area contributed by atoms with Crippen molar-refractivity contribution in [1.29, 1.82) is 0 Å². The average Bonchev–Trinajstić information content (AvgIpc) is 2.35. The third kappa shape index (κ3) is 2.55. The molecule has 68 valence electrons. The Morgan fingerprint density at radius 2 is 2.25 bits per heavy atom. The zero-order valence-corrected chi connectivity index (χ0v) is 8.01. The van der Waals surface area contributed by atoms with Crippen LogP contribution in [0.3, 0.4) is 0 Å². The highest BCUT2D eigenvalue weighted by Crippen LogP contribution is 2.12. The van der Waals surface area contributed by atoms with E-state index in [0.717, 1.165) is 10.7 Å². The highest BCUT2D eigenvalue weighted by atomic mass is 32.1. The second-order valence-corrected chi connectivity index (χ2v) is 3.84. The Bertz CT molecular complexity index is 247. The second-order valence-electron chi connectivity index (χ2n) is 2.89. The summed E-state index contributed by atoms with van der Waals surface area (Å²) in [6.45, 7) is 3.49. The summed E-state index contributed by atoms with van der Waals surface area (Å²) in [6, 6.07) is 0. The van der Waals surface area contributed by atoms with E-state index in [4.69, 9.17) is 5.11 Å². The summed E-state index contributed by atoms with van der Waals surface area (Å²) in [6.07, 6.45) is -0.944. The molecule has 12 heavy (non-hydrogen) atoms. The molecule has 2 N–H and O–H groups in total. The molecule has 0 fully saturated rings. The Balaban J connectivity index is 2.52. The molecule has 4 heteroatoms. The van der Waals surface area contributed by atoms with E-state index in [-0.39, 0.29) is 0 Å². The lowest BCUT2D eigenvalue weighted by atomic mass is 10.2. The first-order valence-corrected chi connectivity index (χ1v) is 4.74. The first-order valence-electron chi connectivity index (χ1n) is 3.86. The molecular formula is C8H13NO2S. The van der Waals surface area contributed by atoms with Gasteiger partial charge in [-0.1, -0.05) is 0 Å². The van der Waals surface area contributed by atoms with Gasteiger partial charge < -0.3 is 10.2 Å². The van der Waals surface area contributed by atoms with E-state index >= 15 is 0 Å². The van der Waals surface area contributed by atoms with Gasteiger partial charge in [0.1, 0.15) is 0 Å². The van der Waals surface area contributed by atoms with E-state index in [0.29, 0.717) is 6.42 Å². The van der Waals surface area contributed by atoms with Crippen LogP contribution in [0.1, 0.15) is 17.6 Å². The van der Waals surface area contributed by atoms with Crippen molar-refractivity contribution in [1.82, 2.24) is 4.98 Å². The number of aliphatic hydroxyl groups is 2. The topological polar surface area (TPSA) is 53.4 Å². The van der Waals surface area contributed by atoms with Crippen molar-refractivity contribution < 1.29 is 10.2 Å². The molecule has 3 nitrogen and oxygen atoms in total. The number of nitrogens with zero attached hydrogens (tertiary/aromatic N) is 1. The van der Waals surface area contributed by atoms with Crippen LogP contribution in [0, 0.1) is 6.92 Å². The van der Waals surface area contributed by atoms with Crippen LogP contribution in [0.4, 0.5) is 0 Å². The van der Waals surface area contributed by atoms with Crippen LogP contribution in [0.2, 0.25) is 0 Å². The fourth-order valence-electron chi connectivity index (χ4n) is 0.846. The molecule has 2 atom stereocenters. The van der Waals surface area contributed by atoms with E-state index in [1.165, 1.54) is 11.3 Å². The summed E-state index contributed by atoms with van der Waals surface area (Å²) in [5.74, 6) is 0. The molecule has 0 saturated heterocycles. The van der Waals surface area contributed by atoms with Gasteiger partial charge in [-0.2, -0.15) is 0 Å². The Hall–Kier alpha value is -0.450. The number of aliphatic hydroxyl groups excluding tert-OH is 2. The van der Waals surface area contributed by atoms with Crippen molar-refractivity contribution in [2.75, 3.05) is 0 Å².